The Morgan fingerprint density at radius 1 is 0.875 bits per heavy atom. The van der Waals surface area contributed by atoms with Crippen molar-refractivity contribution in [3.05, 3.63) is 101 Å². The largest absolute Gasteiger partial charge is 0.492 e. The van der Waals surface area contributed by atoms with Crippen LogP contribution in [0, 0.1) is 6.92 Å². The Morgan fingerprint density at radius 3 is 2.03 bits per heavy atom. The molecule has 0 spiro atoms. The molecule has 3 rings (SSSR count). The molecule has 0 aromatic heterocycles. The summed E-state index contributed by atoms with van der Waals surface area (Å²) in [6.45, 7) is 12.1. The summed E-state index contributed by atoms with van der Waals surface area (Å²) >= 11 is 0. The minimum Gasteiger partial charge on any atom is -0.492 e. The van der Waals surface area contributed by atoms with E-state index in [-0.39, 0.29) is 17.6 Å². The van der Waals surface area contributed by atoms with Gasteiger partial charge in [-0.2, -0.15) is 0 Å². The summed E-state index contributed by atoms with van der Waals surface area (Å²) in [5.74, 6) is 0.815. The number of Topliss-reactive ketones (excluding diaryl/α,β-unsaturated/α-hetero) is 1. The highest BCUT2D eigenvalue weighted by atomic mass is 16.5. The van der Waals surface area contributed by atoms with Gasteiger partial charge in [0.1, 0.15) is 12.4 Å². The molecule has 0 bridgehead atoms. The van der Waals surface area contributed by atoms with Crippen molar-refractivity contribution in [3.8, 4) is 5.75 Å². The van der Waals surface area contributed by atoms with Crippen molar-refractivity contribution in [2.24, 2.45) is 0 Å². The van der Waals surface area contributed by atoms with Gasteiger partial charge in [0.25, 0.3) is 0 Å². The zero-order chi connectivity index (χ0) is 22.9. The average molecular weight is 430 g/mol. The molecule has 3 nitrogen and oxygen atoms in total. The van der Waals surface area contributed by atoms with Gasteiger partial charge in [0.2, 0.25) is 0 Å². The average Bonchev–Trinajstić information content (AvgIpc) is 2.84. The number of ketones is 1. The molecule has 3 aromatic rings. The minimum atomic E-state index is -0.243. The van der Waals surface area contributed by atoms with E-state index >= 15 is 0 Å². The van der Waals surface area contributed by atoms with Gasteiger partial charge in [-0.3, -0.25) is 4.79 Å². The van der Waals surface area contributed by atoms with Crippen molar-refractivity contribution in [1.82, 2.24) is 4.90 Å². The van der Waals surface area contributed by atoms with Crippen LogP contribution >= 0.6 is 0 Å². The second-order valence-electron chi connectivity index (χ2n) is 8.31. The summed E-state index contributed by atoms with van der Waals surface area (Å²) in [7, 11) is 0. The third kappa shape index (κ3) is 5.86. The highest BCUT2D eigenvalue weighted by Gasteiger charge is 2.29. The molecule has 3 aromatic carbocycles. The Labute approximate surface area is 193 Å². The van der Waals surface area contributed by atoms with Crippen LogP contribution in [-0.2, 0) is 0 Å². The molecule has 0 saturated heterocycles. The first-order valence-corrected chi connectivity index (χ1v) is 11.6. The molecule has 0 aliphatic rings. The van der Waals surface area contributed by atoms with E-state index < -0.39 is 0 Å². The summed E-state index contributed by atoms with van der Waals surface area (Å²) in [6, 6.07) is 26.2. The van der Waals surface area contributed by atoms with Gasteiger partial charge in [-0.05, 0) is 60.8 Å². The third-order valence-corrected chi connectivity index (χ3v) is 6.29. The van der Waals surface area contributed by atoms with Crippen LogP contribution in [0.25, 0.3) is 0 Å². The molecule has 2 atom stereocenters. The van der Waals surface area contributed by atoms with Gasteiger partial charge < -0.3 is 9.64 Å². The van der Waals surface area contributed by atoms with Gasteiger partial charge in [-0.1, -0.05) is 81.4 Å². The van der Waals surface area contributed by atoms with E-state index in [1.807, 2.05) is 61.5 Å². The standard InChI is InChI=1S/C29H35NO2/c1-5-30(6-2)19-20-32-27-18-17-26(21-22(27)3)29(31)28(25-15-11-8-12-16-25)23(4)24-13-9-7-10-14-24/h7-18,21,23,28H,5-6,19-20H2,1-4H3. The Balaban J connectivity index is 1.82. The molecular weight excluding hydrogens is 394 g/mol. The lowest BCUT2D eigenvalue weighted by atomic mass is 9.78. The number of rotatable bonds is 11. The summed E-state index contributed by atoms with van der Waals surface area (Å²) < 4.78 is 6.01. The molecule has 0 fully saturated rings. The number of benzene rings is 3. The first kappa shape index (κ1) is 23.7. The van der Waals surface area contributed by atoms with E-state index in [0.29, 0.717) is 6.61 Å². The molecule has 2 unspecified atom stereocenters. The van der Waals surface area contributed by atoms with Crippen LogP contribution in [0.4, 0.5) is 0 Å². The fourth-order valence-electron chi connectivity index (χ4n) is 4.25. The maximum atomic E-state index is 13.8. The zero-order valence-corrected chi connectivity index (χ0v) is 19.8. The smallest absolute Gasteiger partial charge is 0.170 e. The fraction of sp³-hybridized carbons (Fsp3) is 0.345. The van der Waals surface area contributed by atoms with Crippen molar-refractivity contribution < 1.29 is 9.53 Å². The number of hydrogen-bond acceptors (Lipinski definition) is 3. The number of likely N-dealkylation sites (N-methyl/N-ethyl adjacent to an activating group) is 1. The van der Waals surface area contributed by atoms with Gasteiger partial charge >= 0.3 is 0 Å². The highest BCUT2D eigenvalue weighted by Crippen LogP contribution is 2.36. The van der Waals surface area contributed by atoms with Gasteiger partial charge in [0.05, 0.1) is 5.92 Å². The molecule has 0 amide bonds. The molecule has 0 aliphatic heterocycles. The maximum Gasteiger partial charge on any atom is 0.170 e. The molecule has 0 N–H and O–H groups in total. The van der Waals surface area contributed by atoms with Crippen molar-refractivity contribution in [2.45, 2.75) is 39.5 Å². The van der Waals surface area contributed by atoms with E-state index in [9.17, 15) is 4.79 Å². The monoisotopic (exact) mass is 429 g/mol. The summed E-state index contributed by atoms with van der Waals surface area (Å²) in [5.41, 5.74) is 3.94. The summed E-state index contributed by atoms with van der Waals surface area (Å²) in [5, 5.41) is 0. The molecule has 32 heavy (non-hydrogen) atoms. The number of nitrogens with zero attached hydrogens (tertiary/aromatic N) is 1. The van der Waals surface area contributed by atoms with Crippen LogP contribution < -0.4 is 4.74 Å². The SMILES string of the molecule is CCN(CC)CCOc1ccc(C(=O)C(c2ccccc2)C(C)c2ccccc2)cc1C. The fourth-order valence-corrected chi connectivity index (χ4v) is 4.25. The lowest BCUT2D eigenvalue weighted by Crippen LogP contribution is -2.28. The van der Waals surface area contributed by atoms with Crippen molar-refractivity contribution in [2.75, 3.05) is 26.2 Å². The maximum absolute atomic E-state index is 13.8. The van der Waals surface area contributed by atoms with Crippen LogP contribution in [-0.4, -0.2) is 36.9 Å². The first-order chi connectivity index (χ1) is 15.5. The van der Waals surface area contributed by atoms with Gasteiger partial charge in [0, 0.05) is 12.1 Å². The molecule has 168 valence electrons. The Morgan fingerprint density at radius 2 is 1.47 bits per heavy atom. The molecule has 0 saturated carbocycles. The van der Waals surface area contributed by atoms with E-state index in [1.165, 1.54) is 5.56 Å². The van der Waals surface area contributed by atoms with E-state index in [0.717, 1.165) is 42.1 Å². The highest BCUT2D eigenvalue weighted by molar-refractivity contribution is 6.02. The minimum absolute atomic E-state index is 0.0661. The van der Waals surface area contributed by atoms with Crippen LogP contribution in [0.3, 0.4) is 0 Å². The predicted molar refractivity (Wildman–Crippen MR) is 133 cm³/mol. The van der Waals surface area contributed by atoms with Crippen molar-refractivity contribution in [3.63, 3.8) is 0 Å². The number of aryl methyl sites for hydroxylation is 1. The van der Waals surface area contributed by atoms with Gasteiger partial charge in [0.15, 0.2) is 5.78 Å². The Hall–Kier alpha value is -2.91. The summed E-state index contributed by atoms with van der Waals surface area (Å²) in [4.78, 5) is 16.1. The first-order valence-electron chi connectivity index (χ1n) is 11.6. The lowest BCUT2D eigenvalue weighted by Gasteiger charge is -2.24. The number of carbonyl (C=O) groups is 1. The van der Waals surface area contributed by atoms with Crippen LogP contribution in [0.2, 0.25) is 0 Å². The van der Waals surface area contributed by atoms with Gasteiger partial charge in [-0.25, -0.2) is 0 Å². The van der Waals surface area contributed by atoms with Crippen molar-refractivity contribution >= 4 is 5.78 Å². The number of carbonyl (C=O) groups excluding carboxylic acids is 1. The van der Waals surface area contributed by atoms with E-state index in [2.05, 4.69) is 49.9 Å². The quantitative estimate of drug-likeness (QED) is 0.326. The molecule has 0 heterocycles. The zero-order valence-electron chi connectivity index (χ0n) is 19.8. The van der Waals surface area contributed by atoms with Crippen LogP contribution in [0.15, 0.2) is 78.9 Å². The van der Waals surface area contributed by atoms with Crippen molar-refractivity contribution in [1.29, 1.82) is 0 Å². The molecular formula is C29H35NO2. The Bertz CT molecular complexity index is 981. The number of ether oxygens (including phenoxy) is 1. The molecule has 0 aliphatic carbocycles. The number of hydrogen-bond donors (Lipinski definition) is 0. The lowest BCUT2D eigenvalue weighted by molar-refractivity contribution is 0.0948. The van der Waals surface area contributed by atoms with E-state index in [4.69, 9.17) is 4.74 Å². The summed E-state index contributed by atoms with van der Waals surface area (Å²) in [6.07, 6.45) is 0. The molecule has 0 radical (unpaired) electrons. The molecule has 3 heteroatoms. The Kier molecular flexibility index (Phi) is 8.64. The van der Waals surface area contributed by atoms with Crippen LogP contribution in [0.5, 0.6) is 5.75 Å². The van der Waals surface area contributed by atoms with Gasteiger partial charge in [-0.15, -0.1) is 0 Å². The van der Waals surface area contributed by atoms with Crippen LogP contribution in [0.1, 0.15) is 59.7 Å². The normalized spacial score (nSPS) is 13.0. The predicted octanol–water partition coefficient (Wildman–Crippen LogP) is 6.49. The second-order valence-corrected chi connectivity index (χ2v) is 8.31. The van der Waals surface area contributed by atoms with E-state index in [1.54, 1.807) is 0 Å². The second kappa shape index (κ2) is 11.6. The topological polar surface area (TPSA) is 29.5 Å². The third-order valence-electron chi connectivity index (χ3n) is 6.29.